The van der Waals surface area contributed by atoms with Gasteiger partial charge in [0.1, 0.15) is 0 Å². The van der Waals surface area contributed by atoms with Crippen LogP contribution in [-0.4, -0.2) is 37.6 Å². The molecule has 0 unspecified atom stereocenters. The van der Waals surface area contributed by atoms with Crippen molar-refractivity contribution in [2.24, 2.45) is 5.92 Å². The Morgan fingerprint density at radius 1 is 1.44 bits per heavy atom. The van der Waals surface area contributed by atoms with E-state index in [1.165, 1.54) is 0 Å². The Morgan fingerprint density at radius 2 is 2.17 bits per heavy atom. The first-order valence-electron chi connectivity index (χ1n) is 6.12. The number of amides is 2. The Balaban J connectivity index is 1.73. The molecule has 0 aliphatic carbocycles. The predicted octanol–water partition coefficient (Wildman–Crippen LogP) is 2.41. The van der Waals surface area contributed by atoms with E-state index in [1.807, 2.05) is 0 Å². The number of benzene rings is 1. The van der Waals surface area contributed by atoms with Gasteiger partial charge >= 0.3 is 6.03 Å². The molecular weight excluding hydrogens is 250 g/mol. The average Bonchev–Trinajstić information content (AvgIpc) is 2.76. The van der Waals surface area contributed by atoms with Crippen LogP contribution in [0, 0.1) is 5.92 Å². The summed E-state index contributed by atoms with van der Waals surface area (Å²) in [5.41, 5.74) is 0.750. The number of carbonyl (C=O) groups excluding carboxylic acids is 1. The van der Waals surface area contributed by atoms with Crippen molar-refractivity contribution in [3.05, 3.63) is 29.3 Å². The average molecular weight is 268 g/mol. The third-order valence-corrected chi connectivity index (χ3v) is 3.39. The van der Waals surface area contributed by atoms with Crippen LogP contribution in [0.5, 0.6) is 0 Å². The number of urea groups is 1. The summed E-state index contributed by atoms with van der Waals surface area (Å²) in [6, 6.07) is 6.91. The highest BCUT2D eigenvalue weighted by Gasteiger charge is 2.19. The molecule has 1 saturated heterocycles. The first kappa shape index (κ1) is 13.2. The van der Waals surface area contributed by atoms with Crippen molar-refractivity contribution in [3.63, 3.8) is 0 Å². The molecule has 98 valence electrons. The number of carbonyl (C=O) groups is 1. The molecule has 1 aromatic rings. The van der Waals surface area contributed by atoms with Crippen LogP contribution >= 0.6 is 11.6 Å². The van der Waals surface area contributed by atoms with E-state index in [1.54, 1.807) is 24.3 Å². The molecule has 2 amide bonds. The molecule has 1 aliphatic rings. The van der Waals surface area contributed by atoms with Crippen LogP contribution in [0.15, 0.2) is 24.3 Å². The van der Waals surface area contributed by atoms with E-state index in [4.69, 9.17) is 11.6 Å². The fourth-order valence-corrected chi connectivity index (χ4v) is 2.26. The van der Waals surface area contributed by atoms with Crippen molar-refractivity contribution in [2.75, 3.05) is 32.0 Å². The fraction of sp³-hybridized carbons (Fsp3) is 0.462. The van der Waals surface area contributed by atoms with E-state index in [9.17, 15) is 4.79 Å². The highest BCUT2D eigenvalue weighted by molar-refractivity contribution is 6.30. The zero-order valence-electron chi connectivity index (χ0n) is 10.4. The van der Waals surface area contributed by atoms with Gasteiger partial charge in [-0.05, 0) is 50.2 Å². The molecular formula is C13H18ClN3O. The molecule has 1 heterocycles. The third-order valence-electron chi connectivity index (χ3n) is 3.14. The van der Waals surface area contributed by atoms with Gasteiger partial charge in [0.2, 0.25) is 0 Å². The highest BCUT2D eigenvalue weighted by Crippen LogP contribution is 2.14. The number of hydrogen-bond donors (Lipinski definition) is 2. The Morgan fingerprint density at radius 3 is 2.78 bits per heavy atom. The van der Waals surface area contributed by atoms with Crippen LogP contribution in [0.3, 0.4) is 0 Å². The van der Waals surface area contributed by atoms with E-state index < -0.39 is 0 Å². The molecule has 1 aliphatic heterocycles. The molecule has 0 radical (unpaired) electrons. The smallest absolute Gasteiger partial charge is 0.319 e. The maximum atomic E-state index is 11.7. The lowest BCUT2D eigenvalue weighted by molar-refractivity contribution is 0.250. The minimum absolute atomic E-state index is 0.160. The third kappa shape index (κ3) is 3.89. The van der Waals surface area contributed by atoms with Crippen molar-refractivity contribution >= 4 is 23.3 Å². The minimum Gasteiger partial charge on any atom is -0.338 e. The summed E-state index contributed by atoms with van der Waals surface area (Å²) >= 11 is 5.78. The quantitative estimate of drug-likeness (QED) is 0.883. The highest BCUT2D eigenvalue weighted by atomic mass is 35.5. The SMILES string of the molecule is CN1CC[C@@H](CNC(=O)Nc2ccc(Cl)cc2)C1. The second kappa shape index (κ2) is 6.07. The van der Waals surface area contributed by atoms with E-state index in [-0.39, 0.29) is 6.03 Å². The van der Waals surface area contributed by atoms with Crippen LogP contribution in [-0.2, 0) is 0 Å². The molecule has 0 aromatic heterocycles. The molecule has 1 aromatic carbocycles. The lowest BCUT2D eigenvalue weighted by Crippen LogP contribution is -2.33. The predicted molar refractivity (Wildman–Crippen MR) is 74.1 cm³/mol. The second-order valence-corrected chi connectivity index (χ2v) is 5.20. The van der Waals surface area contributed by atoms with Gasteiger partial charge in [-0.2, -0.15) is 0 Å². The van der Waals surface area contributed by atoms with Crippen molar-refractivity contribution in [2.45, 2.75) is 6.42 Å². The van der Waals surface area contributed by atoms with Crippen LogP contribution in [0.1, 0.15) is 6.42 Å². The van der Waals surface area contributed by atoms with Gasteiger partial charge < -0.3 is 15.5 Å². The number of nitrogens with one attached hydrogen (secondary N) is 2. The largest absolute Gasteiger partial charge is 0.338 e. The zero-order valence-corrected chi connectivity index (χ0v) is 11.2. The van der Waals surface area contributed by atoms with Crippen molar-refractivity contribution in [1.82, 2.24) is 10.2 Å². The van der Waals surface area contributed by atoms with Gasteiger partial charge in [0.05, 0.1) is 0 Å². The van der Waals surface area contributed by atoms with Crippen molar-refractivity contribution in [1.29, 1.82) is 0 Å². The molecule has 1 fully saturated rings. The molecule has 0 spiro atoms. The molecule has 4 nitrogen and oxygen atoms in total. The van der Waals surface area contributed by atoms with Gasteiger partial charge in [-0.25, -0.2) is 4.79 Å². The van der Waals surface area contributed by atoms with E-state index in [0.29, 0.717) is 10.9 Å². The van der Waals surface area contributed by atoms with Crippen molar-refractivity contribution in [3.8, 4) is 0 Å². The molecule has 0 saturated carbocycles. The molecule has 0 bridgehead atoms. The van der Waals surface area contributed by atoms with Gasteiger partial charge in [-0.1, -0.05) is 11.6 Å². The topological polar surface area (TPSA) is 44.4 Å². The maximum Gasteiger partial charge on any atom is 0.319 e. The van der Waals surface area contributed by atoms with E-state index in [2.05, 4.69) is 22.6 Å². The van der Waals surface area contributed by atoms with Gasteiger partial charge in [0.15, 0.2) is 0 Å². The van der Waals surface area contributed by atoms with Gasteiger partial charge in [-0.3, -0.25) is 0 Å². The molecule has 2 N–H and O–H groups in total. The molecule has 1 atom stereocenters. The first-order valence-corrected chi connectivity index (χ1v) is 6.50. The lowest BCUT2D eigenvalue weighted by Gasteiger charge is -2.12. The van der Waals surface area contributed by atoms with Crippen molar-refractivity contribution < 1.29 is 4.79 Å². The summed E-state index contributed by atoms with van der Waals surface area (Å²) < 4.78 is 0. The van der Waals surface area contributed by atoms with E-state index in [0.717, 1.165) is 31.7 Å². The number of anilines is 1. The Bertz CT molecular complexity index is 407. The number of halogens is 1. The summed E-state index contributed by atoms with van der Waals surface area (Å²) in [6.07, 6.45) is 1.15. The fourth-order valence-electron chi connectivity index (χ4n) is 2.14. The lowest BCUT2D eigenvalue weighted by atomic mass is 10.1. The number of nitrogens with zero attached hydrogens (tertiary/aromatic N) is 1. The number of rotatable bonds is 3. The molecule has 2 rings (SSSR count). The Kier molecular flexibility index (Phi) is 4.44. The minimum atomic E-state index is -0.160. The Hall–Kier alpha value is -1.26. The maximum absolute atomic E-state index is 11.7. The van der Waals surface area contributed by atoms with Crippen LogP contribution in [0.4, 0.5) is 10.5 Å². The summed E-state index contributed by atoms with van der Waals surface area (Å²) in [5, 5.41) is 6.34. The van der Waals surface area contributed by atoms with E-state index >= 15 is 0 Å². The van der Waals surface area contributed by atoms with Gasteiger partial charge in [-0.15, -0.1) is 0 Å². The van der Waals surface area contributed by atoms with Crippen LogP contribution in [0.25, 0.3) is 0 Å². The summed E-state index contributed by atoms with van der Waals surface area (Å²) in [5.74, 6) is 0.561. The molecule has 18 heavy (non-hydrogen) atoms. The summed E-state index contributed by atoms with van der Waals surface area (Å²) in [7, 11) is 2.10. The second-order valence-electron chi connectivity index (χ2n) is 4.76. The number of hydrogen-bond acceptors (Lipinski definition) is 2. The van der Waals surface area contributed by atoms with Crippen LogP contribution < -0.4 is 10.6 Å². The van der Waals surface area contributed by atoms with Crippen LogP contribution in [0.2, 0.25) is 5.02 Å². The monoisotopic (exact) mass is 267 g/mol. The number of likely N-dealkylation sites (tertiary alicyclic amines) is 1. The van der Waals surface area contributed by atoms with Gasteiger partial charge in [0.25, 0.3) is 0 Å². The molecule has 5 heteroatoms. The summed E-state index contributed by atoms with van der Waals surface area (Å²) in [6.45, 7) is 2.90. The normalized spacial score (nSPS) is 19.8. The Labute approximate surface area is 112 Å². The standard InChI is InChI=1S/C13H18ClN3O/c1-17-7-6-10(9-17)8-15-13(18)16-12-4-2-11(14)3-5-12/h2-5,10H,6-9H2,1H3,(H2,15,16,18)/t10-/m0/s1. The zero-order chi connectivity index (χ0) is 13.0. The van der Waals surface area contributed by atoms with Gasteiger partial charge in [0, 0.05) is 23.8 Å². The first-order chi connectivity index (χ1) is 8.63. The summed E-state index contributed by atoms with van der Waals surface area (Å²) in [4.78, 5) is 13.9.